The van der Waals surface area contributed by atoms with E-state index in [-0.39, 0.29) is 0 Å². The first kappa shape index (κ1) is 20.7. The second-order valence-corrected chi connectivity index (χ2v) is 8.92. The largest absolute Gasteiger partial charge is 0.496 e. The van der Waals surface area contributed by atoms with Crippen molar-refractivity contribution in [3.63, 3.8) is 0 Å². The van der Waals surface area contributed by atoms with Crippen LogP contribution >= 0.6 is 15.9 Å². The van der Waals surface area contributed by atoms with Crippen LogP contribution in [0, 0.1) is 0 Å². The molecule has 9 nitrogen and oxygen atoms in total. The average Bonchev–Trinajstić information content (AvgIpc) is 3.08. The highest BCUT2D eigenvalue weighted by molar-refractivity contribution is 9.10. The number of aromatic amines is 2. The van der Waals surface area contributed by atoms with Crippen molar-refractivity contribution in [1.29, 1.82) is 0 Å². The monoisotopic (exact) mass is 518 g/mol. The minimum atomic E-state index is 0.384. The number of imidazole rings is 1. The van der Waals surface area contributed by atoms with Gasteiger partial charge in [-0.1, -0.05) is 6.07 Å². The Morgan fingerprint density at radius 2 is 2.09 bits per heavy atom. The fourth-order valence-electron chi connectivity index (χ4n) is 4.34. The number of nitrogens with zero attached hydrogens (tertiary/aromatic N) is 4. The molecule has 6 rings (SSSR count). The number of nitrogen functional groups attached to an aromatic ring is 1. The van der Waals surface area contributed by atoms with Crippen molar-refractivity contribution in [2.24, 2.45) is 0 Å². The second-order valence-electron chi connectivity index (χ2n) is 8.07. The summed E-state index contributed by atoms with van der Waals surface area (Å²) in [7, 11) is 1.65. The van der Waals surface area contributed by atoms with Crippen LogP contribution in [-0.4, -0.2) is 40.2 Å². The van der Waals surface area contributed by atoms with Gasteiger partial charge in [0.05, 0.1) is 29.8 Å². The Morgan fingerprint density at radius 1 is 1.18 bits per heavy atom. The molecular formula is C24H21BrN7O2+. The van der Waals surface area contributed by atoms with E-state index in [0.717, 1.165) is 60.5 Å². The number of anilines is 2. The summed E-state index contributed by atoms with van der Waals surface area (Å²) in [4.78, 5) is 21.8. The van der Waals surface area contributed by atoms with Crippen LogP contribution in [0.5, 0.6) is 11.5 Å². The van der Waals surface area contributed by atoms with Gasteiger partial charge in [0.25, 0.3) is 0 Å². The van der Waals surface area contributed by atoms with Gasteiger partial charge in [0.1, 0.15) is 35.8 Å². The van der Waals surface area contributed by atoms with Crippen LogP contribution < -0.4 is 25.1 Å². The first-order valence-corrected chi connectivity index (χ1v) is 11.5. The molecule has 2 aromatic carbocycles. The third-order valence-electron chi connectivity index (χ3n) is 5.98. The number of halogens is 1. The van der Waals surface area contributed by atoms with Gasteiger partial charge in [-0.3, -0.25) is 4.98 Å². The molecule has 0 atom stereocenters. The van der Waals surface area contributed by atoms with E-state index in [9.17, 15) is 0 Å². The zero-order valence-corrected chi connectivity index (χ0v) is 19.9. The number of hydrogen-bond acceptors (Lipinski definition) is 7. The number of benzene rings is 2. The van der Waals surface area contributed by atoms with Crippen LogP contribution in [0.4, 0.5) is 11.8 Å². The summed E-state index contributed by atoms with van der Waals surface area (Å²) < 4.78 is 12.4. The molecule has 0 aliphatic carbocycles. The van der Waals surface area contributed by atoms with Crippen molar-refractivity contribution >= 4 is 49.8 Å². The molecule has 0 radical (unpaired) electrons. The smallest absolute Gasteiger partial charge is 0.349 e. The maximum absolute atomic E-state index is 6.08. The molecule has 1 aliphatic rings. The first-order valence-electron chi connectivity index (χ1n) is 10.8. The molecule has 10 heteroatoms. The van der Waals surface area contributed by atoms with Gasteiger partial charge in [-0.05, 0) is 56.8 Å². The Labute approximate surface area is 203 Å². The number of methoxy groups -OCH3 is 1. The lowest BCUT2D eigenvalue weighted by atomic mass is 10.0. The first-order chi connectivity index (χ1) is 16.6. The predicted molar refractivity (Wildman–Crippen MR) is 133 cm³/mol. The molecule has 1 aliphatic heterocycles. The van der Waals surface area contributed by atoms with Gasteiger partial charge < -0.3 is 20.1 Å². The fraction of sp³-hybridized carbons (Fsp3) is 0.167. The van der Waals surface area contributed by atoms with Gasteiger partial charge in [0.2, 0.25) is 0 Å². The molecule has 0 bridgehead atoms. The molecule has 4 heterocycles. The average molecular weight is 519 g/mol. The number of pyridine rings is 1. The van der Waals surface area contributed by atoms with Crippen molar-refractivity contribution in [3.8, 4) is 22.6 Å². The van der Waals surface area contributed by atoms with E-state index in [1.807, 2.05) is 30.5 Å². The van der Waals surface area contributed by atoms with Crippen LogP contribution in [-0.2, 0) is 6.54 Å². The molecule has 0 amide bonds. The standard InChI is InChI=1S/C24H20BrN7O2/c1-33-21-8-16-18(9-17(21)25)28-12-29-23(16)32-4-5-34-20-3-2-13(6-15(20)11-32)14-7-19-22(27-10-14)31-24(26)30-19/h2-3,6-10,12H,4-5,11H2,1H3,(H3,26,27,30,31)/p+1. The summed E-state index contributed by atoms with van der Waals surface area (Å²) in [6.45, 7) is 1.90. The lowest BCUT2D eigenvalue weighted by Gasteiger charge is -2.22. The van der Waals surface area contributed by atoms with Crippen LogP contribution in [0.1, 0.15) is 5.56 Å². The number of fused-ring (bicyclic) bond motifs is 3. The van der Waals surface area contributed by atoms with Gasteiger partial charge in [-0.25, -0.2) is 15.0 Å². The van der Waals surface area contributed by atoms with Crippen molar-refractivity contribution in [2.75, 3.05) is 30.9 Å². The van der Waals surface area contributed by atoms with Crippen LogP contribution in [0.3, 0.4) is 0 Å². The summed E-state index contributed by atoms with van der Waals surface area (Å²) in [6, 6.07) is 12.2. The van der Waals surface area contributed by atoms with E-state index in [4.69, 9.17) is 15.2 Å². The van der Waals surface area contributed by atoms with E-state index in [1.54, 1.807) is 13.4 Å². The Kier molecular flexibility index (Phi) is 4.95. The summed E-state index contributed by atoms with van der Waals surface area (Å²) in [5, 5.41) is 0.930. The van der Waals surface area contributed by atoms with Crippen LogP contribution in [0.25, 0.3) is 33.2 Å². The lowest BCUT2D eigenvalue weighted by molar-refractivity contribution is -0.346. The molecular weight excluding hydrogens is 498 g/mol. The minimum absolute atomic E-state index is 0.384. The normalized spacial score (nSPS) is 13.5. The number of ether oxygens (including phenoxy) is 2. The van der Waals surface area contributed by atoms with Gasteiger partial charge in [0.15, 0.2) is 0 Å². The van der Waals surface area contributed by atoms with E-state index in [1.165, 1.54) is 0 Å². The summed E-state index contributed by atoms with van der Waals surface area (Å²) in [6.07, 6.45) is 3.53. The van der Waals surface area contributed by atoms with Gasteiger partial charge in [-0.2, -0.15) is 0 Å². The second kappa shape index (κ2) is 8.14. The molecule has 0 spiro atoms. The summed E-state index contributed by atoms with van der Waals surface area (Å²) >= 11 is 3.54. The number of rotatable bonds is 3. The SMILES string of the molecule is COc1cc2c(N3CCOc4ccc(-c5c[nH+]c6nc(N)[nH]c6c5)cc4C3)ncnc2cc1Br. The molecule has 0 saturated carbocycles. The fourth-order valence-corrected chi connectivity index (χ4v) is 4.83. The van der Waals surface area contributed by atoms with Crippen molar-refractivity contribution < 1.29 is 14.5 Å². The predicted octanol–water partition coefficient (Wildman–Crippen LogP) is 3.74. The highest BCUT2D eigenvalue weighted by Crippen LogP contribution is 2.35. The van der Waals surface area contributed by atoms with Crippen molar-refractivity contribution in [3.05, 3.63) is 59.0 Å². The molecule has 5 aromatic rings. The third kappa shape index (κ3) is 3.56. The maximum Gasteiger partial charge on any atom is 0.349 e. The molecule has 0 fully saturated rings. The third-order valence-corrected chi connectivity index (χ3v) is 6.60. The van der Waals surface area contributed by atoms with E-state index in [2.05, 4.69) is 57.9 Å². The van der Waals surface area contributed by atoms with Crippen molar-refractivity contribution in [2.45, 2.75) is 6.54 Å². The highest BCUT2D eigenvalue weighted by Gasteiger charge is 2.21. The molecule has 0 saturated heterocycles. The Bertz CT molecular complexity index is 1550. The molecule has 34 heavy (non-hydrogen) atoms. The zero-order chi connectivity index (χ0) is 23.2. The molecule has 0 unspecified atom stereocenters. The molecule has 3 aromatic heterocycles. The highest BCUT2D eigenvalue weighted by atomic mass is 79.9. The lowest BCUT2D eigenvalue weighted by Crippen LogP contribution is -2.26. The minimum Gasteiger partial charge on any atom is -0.496 e. The number of hydrogen-bond donors (Lipinski definition) is 2. The summed E-state index contributed by atoms with van der Waals surface area (Å²) in [5.41, 5.74) is 11.4. The number of aromatic nitrogens is 5. The topological polar surface area (TPSA) is 116 Å². The number of H-pyrrole nitrogens is 2. The zero-order valence-electron chi connectivity index (χ0n) is 18.3. The molecule has 4 N–H and O–H groups in total. The number of nitrogens with two attached hydrogens (primary N) is 1. The maximum atomic E-state index is 6.08. The Morgan fingerprint density at radius 3 is 2.97 bits per heavy atom. The summed E-state index contributed by atoms with van der Waals surface area (Å²) in [5.74, 6) is 2.85. The van der Waals surface area contributed by atoms with Gasteiger partial charge in [0, 0.05) is 23.1 Å². The van der Waals surface area contributed by atoms with E-state index >= 15 is 0 Å². The van der Waals surface area contributed by atoms with Crippen molar-refractivity contribution in [1.82, 2.24) is 19.9 Å². The van der Waals surface area contributed by atoms with Gasteiger partial charge >= 0.3 is 11.6 Å². The molecule has 170 valence electrons. The number of nitrogens with one attached hydrogen (secondary N) is 2. The van der Waals surface area contributed by atoms with Crippen LogP contribution in [0.15, 0.2) is 53.4 Å². The quantitative estimate of drug-likeness (QED) is 0.373. The Hall–Kier alpha value is -3.92. The van der Waals surface area contributed by atoms with Gasteiger partial charge in [-0.15, -0.1) is 0 Å². The van der Waals surface area contributed by atoms with E-state index in [0.29, 0.717) is 25.6 Å². The van der Waals surface area contributed by atoms with E-state index < -0.39 is 0 Å². The Balaban J connectivity index is 1.40. The van der Waals surface area contributed by atoms with Crippen LogP contribution in [0.2, 0.25) is 0 Å².